The minimum atomic E-state index is -0.790. The number of halogens is 1. The highest BCUT2D eigenvalue weighted by atomic mass is 35.5. The maximum atomic E-state index is 10.7. The minimum Gasteiger partial charge on any atom is -0.481 e. The Bertz CT molecular complexity index is 772. The molecule has 156 valence electrons. The van der Waals surface area contributed by atoms with Gasteiger partial charge in [0.05, 0.1) is 18.8 Å². The van der Waals surface area contributed by atoms with Crippen molar-refractivity contribution in [2.24, 2.45) is 11.8 Å². The molecule has 1 N–H and O–H groups in total. The first kappa shape index (κ1) is 21.8. The Morgan fingerprint density at radius 3 is 2.83 bits per heavy atom. The first-order valence-electron chi connectivity index (χ1n) is 9.86. The molecule has 0 saturated carbocycles. The molecular weight excluding hydrogens is 392 g/mol. The number of ether oxygens (including phenoxy) is 3. The molecule has 1 fully saturated rings. The normalized spacial score (nSPS) is 29.4. The van der Waals surface area contributed by atoms with E-state index in [0.29, 0.717) is 18.1 Å². The minimum absolute atomic E-state index is 0.0521. The lowest BCUT2D eigenvalue weighted by Crippen LogP contribution is -2.44. The Hall–Kier alpha value is -1.92. The molecule has 1 aromatic carbocycles. The fourth-order valence-corrected chi connectivity index (χ4v) is 3.99. The molecule has 1 heterocycles. The third kappa shape index (κ3) is 5.80. The molecule has 1 saturated heterocycles. The van der Waals surface area contributed by atoms with Crippen molar-refractivity contribution in [1.82, 2.24) is 0 Å². The van der Waals surface area contributed by atoms with Gasteiger partial charge >= 0.3 is 5.97 Å². The summed E-state index contributed by atoms with van der Waals surface area (Å²) >= 11 is 6.36. The lowest BCUT2D eigenvalue weighted by atomic mass is 9.82. The molecule has 1 aliphatic carbocycles. The molecule has 0 bridgehead atoms. The smallest absolute Gasteiger partial charge is 0.303 e. The molecule has 29 heavy (non-hydrogen) atoms. The Kier molecular flexibility index (Phi) is 8.07. The van der Waals surface area contributed by atoms with Crippen molar-refractivity contribution >= 4 is 17.6 Å². The Balaban J connectivity index is 1.75. The van der Waals surface area contributed by atoms with Gasteiger partial charge in [0, 0.05) is 36.0 Å². The van der Waals surface area contributed by atoms with Crippen LogP contribution in [0.25, 0.3) is 0 Å². The van der Waals surface area contributed by atoms with Gasteiger partial charge in [-0.25, -0.2) is 0 Å². The van der Waals surface area contributed by atoms with Crippen molar-refractivity contribution in [3.63, 3.8) is 0 Å². The van der Waals surface area contributed by atoms with Crippen LogP contribution in [0.4, 0.5) is 0 Å². The number of hydrogen-bond donors (Lipinski definition) is 1. The number of benzene rings is 1. The highest BCUT2D eigenvalue weighted by Gasteiger charge is 2.40. The lowest BCUT2D eigenvalue weighted by molar-refractivity contribution is -0.254. The monoisotopic (exact) mass is 418 g/mol. The van der Waals surface area contributed by atoms with E-state index in [1.165, 1.54) is 0 Å². The van der Waals surface area contributed by atoms with Gasteiger partial charge in [0.1, 0.15) is 0 Å². The zero-order valence-corrected chi connectivity index (χ0v) is 17.2. The summed E-state index contributed by atoms with van der Waals surface area (Å²) in [5.74, 6) is -0.619. The summed E-state index contributed by atoms with van der Waals surface area (Å²) in [6, 6.07) is 7.55. The number of carbonyl (C=O) groups is 1. The predicted molar refractivity (Wildman–Crippen MR) is 112 cm³/mol. The van der Waals surface area contributed by atoms with Gasteiger partial charge in [0.25, 0.3) is 0 Å². The average molecular weight is 419 g/mol. The third-order valence-electron chi connectivity index (χ3n) is 5.27. The molecule has 2 unspecified atom stereocenters. The van der Waals surface area contributed by atoms with Gasteiger partial charge in [0.15, 0.2) is 6.29 Å². The summed E-state index contributed by atoms with van der Waals surface area (Å²) in [5, 5.41) is 9.39. The van der Waals surface area contributed by atoms with E-state index in [4.69, 9.17) is 30.9 Å². The van der Waals surface area contributed by atoms with Crippen LogP contribution in [0.2, 0.25) is 5.02 Å². The highest BCUT2D eigenvalue weighted by Crippen LogP contribution is 2.39. The molecule has 6 heteroatoms. The summed E-state index contributed by atoms with van der Waals surface area (Å²) in [6.07, 6.45) is 12.7. The van der Waals surface area contributed by atoms with Crippen LogP contribution in [-0.4, -0.2) is 37.0 Å². The summed E-state index contributed by atoms with van der Waals surface area (Å²) in [7, 11) is 1.70. The third-order valence-corrected chi connectivity index (χ3v) is 5.62. The van der Waals surface area contributed by atoms with Crippen LogP contribution in [0.1, 0.15) is 31.1 Å². The molecule has 0 aromatic heterocycles. The predicted octanol–water partition coefficient (Wildman–Crippen LogP) is 4.94. The van der Waals surface area contributed by atoms with Gasteiger partial charge in [-0.1, -0.05) is 66.3 Å². The summed E-state index contributed by atoms with van der Waals surface area (Å²) in [4.78, 5) is 10.7. The highest BCUT2D eigenvalue weighted by molar-refractivity contribution is 6.31. The zero-order valence-electron chi connectivity index (χ0n) is 16.4. The average Bonchev–Trinajstić information content (AvgIpc) is 2.74. The van der Waals surface area contributed by atoms with Crippen LogP contribution in [0.5, 0.6) is 0 Å². The van der Waals surface area contributed by atoms with E-state index in [2.05, 4.69) is 6.08 Å². The molecule has 1 aromatic rings. The molecule has 1 aliphatic heterocycles. The first-order chi connectivity index (χ1) is 14.1. The summed E-state index contributed by atoms with van der Waals surface area (Å²) < 4.78 is 18.1. The van der Waals surface area contributed by atoms with E-state index < -0.39 is 12.3 Å². The summed E-state index contributed by atoms with van der Waals surface area (Å²) in [5.41, 5.74) is 0.818. The molecule has 0 amide bonds. The molecule has 5 nitrogen and oxygen atoms in total. The van der Waals surface area contributed by atoms with Crippen molar-refractivity contribution in [2.75, 3.05) is 13.7 Å². The van der Waals surface area contributed by atoms with E-state index in [9.17, 15) is 4.79 Å². The van der Waals surface area contributed by atoms with Crippen LogP contribution in [0.3, 0.4) is 0 Å². The number of carboxylic acids is 1. The standard InChI is InChI=1S/C23H27ClO5/c1-27-20-13-8-6-11-18(20)22-16(9-3-2-4-14-21(25)26)15-28-23(29-22)17-10-5-7-12-19(17)24/h2-3,5-8,10-13,16,18,20,22-23H,4,9,14-15H2,1H3,(H,25,26)/b3-2-/t16-,18?,20?,22+,23+/m0/s1. The molecule has 3 rings (SSSR count). The number of hydrogen-bond acceptors (Lipinski definition) is 4. The molecule has 5 atom stereocenters. The molecule has 0 spiro atoms. The van der Waals surface area contributed by atoms with Crippen LogP contribution in [-0.2, 0) is 19.0 Å². The number of aliphatic carboxylic acids is 1. The van der Waals surface area contributed by atoms with Crippen LogP contribution < -0.4 is 0 Å². The maximum absolute atomic E-state index is 10.7. The maximum Gasteiger partial charge on any atom is 0.303 e. The topological polar surface area (TPSA) is 65.0 Å². The van der Waals surface area contributed by atoms with Crippen molar-refractivity contribution in [1.29, 1.82) is 0 Å². The number of methoxy groups -OCH3 is 1. The van der Waals surface area contributed by atoms with Crippen molar-refractivity contribution in [3.05, 3.63) is 71.3 Å². The van der Waals surface area contributed by atoms with Crippen LogP contribution in [0, 0.1) is 11.8 Å². The van der Waals surface area contributed by atoms with Gasteiger partial charge in [-0.2, -0.15) is 0 Å². The first-order valence-corrected chi connectivity index (χ1v) is 10.2. The van der Waals surface area contributed by atoms with Gasteiger partial charge in [-0.3, -0.25) is 4.79 Å². The number of allylic oxidation sites excluding steroid dienone is 4. The quantitative estimate of drug-likeness (QED) is 0.606. The van der Waals surface area contributed by atoms with E-state index >= 15 is 0 Å². The lowest BCUT2D eigenvalue weighted by Gasteiger charge is -2.42. The number of carboxylic acid groups (broad SMARTS) is 1. The van der Waals surface area contributed by atoms with E-state index in [1.807, 2.05) is 54.6 Å². The van der Waals surface area contributed by atoms with Gasteiger partial charge < -0.3 is 19.3 Å². The Morgan fingerprint density at radius 1 is 1.28 bits per heavy atom. The van der Waals surface area contributed by atoms with E-state index in [0.717, 1.165) is 12.0 Å². The van der Waals surface area contributed by atoms with Gasteiger partial charge in [-0.05, 0) is 18.9 Å². The molecule has 2 aliphatic rings. The number of rotatable bonds is 8. The van der Waals surface area contributed by atoms with Crippen LogP contribution >= 0.6 is 11.6 Å². The Morgan fingerprint density at radius 2 is 2.07 bits per heavy atom. The molecule has 0 radical (unpaired) electrons. The second kappa shape index (κ2) is 10.7. The van der Waals surface area contributed by atoms with Crippen LogP contribution in [0.15, 0.2) is 60.7 Å². The second-order valence-electron chi connectivity index (χ2n) is 7.23. The largest absolute Gasteiger partial charge is 0.481 e. The Labute approximate surface area is 176 Å². The SMILES string of the molecule is COC1C=CC=CC1[C@@H]1O[C@H](c2ccccc2Cl)OC[C@@H]1C/C=C\CCC(=O)O. The van der Waals surface area contributed by atoms with Gasteiger partial charge in [-0.15, -0.1) is 0 Å². The van der Waals surface area contributed by atoms with Crippen molar-refractivity contribution in [3.8, 4) is 0 Å². The molecular formula is C23H27ClO5. The summed E-state index contributed by atoms with van der Waals surface area (Å²) in [6.45, 7) is 0.522. The van der Waals surface area contributed by atoms with Gasteiger partial charge in [0.2, 0.25) is 0 Å². The van der Waals surface area contributed by atoms with E-state index in [-0.39, 0.29) is 30.5 Å². The fraction of sp³-hybridized carbons (Fsp3) is 0.435. The van der Waals surface area contributed by atoms with Crippen molar-refractivity contribution in [2.45, 2.75) is 37.8 Å². The zero-order chi connectivity index (χ0) is 20.6. The fourth-order valence-electron chi connectivity index (χ4n) is 3.77. The van der Waals surface area contributed by atoms with Crippen molar-refractivity contribution < 1.29 is 24.1 Å². The van der Waals surface area contributed by atoms with E-state index in [1.54, 1.807) is 7.11 Å². The second-order valence-corrected chi connectivity index (χ2v) is 7.64.